The molecular formula is C10H10ClNO2. The summed E-state index contributed by atoms with van der Waals surface area (Å²) in [5.74, 6) is -0.519. The fourth-order valence-electron chi connectivity index (χ4n) is 0.994. The Morgan fingerprint density at radius 3 is 2.71 bits per heavy atom. The van der Waals surface area contributed by atoms with Gasteiger partial charge in [-0.25, -0.2) is 0 Å². The summed E-state index contributed by atoms with van der Waals surface area (Å²) in [6.45, 7) is 3.52. The smallest absolute Gasteiger partial charge is 0.244 e. The van der Waals surface area contributed by atoms with E-state index in [0.717, 1.165) is 5.56 Å². The number of rotatable bonds is 3. The van der Waals surface area contributed by atoms with E-state index in [-0.39, 0.29) is 10.8 Å². The second kappa shape index (κ2) is 4.15. The molecule has 0 spiro atoms. The maximum Gasteiger partial charge on any atom is 0.244 e. The zero-order valence-corrected chi connectivity index (χ0v) is 8.21. The summed E-state index contributed by atoms with van der Waals surface area (Å²) < 4.78 is 0. The molecule has 0 fully saturated rings. The molecule has 1 aromatic rings. The lowest BCUT2D eigenvalue weighted by Gasteiger charge is -2.03. The lowest BCUT2D eigenvalue weighted by Crippen LogP contribution is -2.14. The molecule has 0 bridgehead atoms. The van der Waals surface area contributed by atoms with E-state index in [1.54, 1.807) is 12.1 Å². The molecule has 3 nitrogen and oxygen atoms in total. The molecule has 0 saturated carbocycles. The molecule has 0 saturated heterocycles. The normalized spacial score (nSPS) is 9.79. The molecule has 4 heteroatoms. The first-order chi connectivity index (χ1) is 6.50. The monoisotopic (exact) mass is 211 g/mol. The van der Waals surface area contributed by atoms with Crippen LogP contribution in [-0.4, -0.2) is 11.0 Å². The van der Waals surface area contributed by atoms with Gasteiger partial charge in [-0.15, -0.1) is 0 Å². The van der Waals surface area contributed by atoms with Crippen LogP contribution < -0.4 is 5.73 Å². The van der Waals surface area contributed by atoms with Crippen LogP contribution in [0.5, 0.6) is 5.75 Å². The first-order valence-corrected chi connectivity index (χ1v) is 4.33. The molecule has 14 heavy (non-hydrogen) atoms. The predicted octanol–water partition coefficient (Wildman–Crippen LogP) is 1.63. The van der Waals surface area contributed by atoms with E-state index in [1.165, 1.54) is 6.07 Å². The molecule has 1 amide bonds. The second-order valence-corrected chi connectivity index (χ2v) is 3.34. The third kappa shape index (κ3) is 2.50. The lowest BCUT2D eigenvalue weighted by molar-refractivity contribution is -0.114. The van der Waals surface area contributed by atoms with Gasteiger partial charge in [0.05, 0.1) is 5.02 Å². The van der Waals surface area contributed by atoms with E-state index in [1.807, 2.05) is 0 Å². The van der Waals surface area contributed by atoms with Crippen molar-refractivity contribution >= 4 is 17.5 Å². The number of phenols is 1. The van der Waals surface area contributed by atoms with Gasteiger partial charge < -0.3 is 10.8 Å². The van der Waals surface area contributed by atoms with E-state index < -0.39 is 5.91 Å². The van der Waals surface area contributed by atoms with Gasteiger partial charge in [-0.2, -0.15) is 0 Å². The van der Waals surface area contributed by atoms with Gasteiger partial charge in [-0.05, 0) is 17.7 Å². The Hall–Kier alpha value is -1.48. The van der Waals surface area contributed by atoms with Crippen LogP contribution in [-0.2, 0) is 11.2 Å². The average Bonchev–Trinajstić information content (AvgIpc) is 2.11. The van der Waals surface area contributed by atoms with Crippen LogP contribution >= 0.6 is 11.6 Å². The Morgan fingerprint density at radius 2 is 2.21 bits per heavy atom. The number of phenolic OH excluding ortho intramolecular Hbond substituents is 1. The van der Waals surface area contributed by atoms with Crippen LogP contribution in [0.25, 0.3) is 0 Å². The van der Waals surface area contributed by atoms with Crippen molar-refractivity contribution in [2.75, 3.05) is 0 Å². The van der Waals surface area contributed by atoms with Crippen LogP contribution in [0.2, 0.25) is 5.02 Å². The van der Waals surface area contributed by atoms with Gasteiger partial charge >= 0.3 is 0 Å². The molecule has 0 aliphatic rings. The second-order valence-electron chi connectivity index (χ2n) is 2.93. The topological polar surface area (TPSA) is 63.3 Å². The maximum absolute atomic E-state index is 10.7. The largest absolute Gasteiger partial charge is 0.506 e. The Kier molecular flexibility index (Phi) is 3.14. The van der Waals surface area contributed by atoms with Crippen molar-refractivity contribution in [3.63, 3.8) is 0 Å². The zero-order chi connectivity index (χ0) is 10.7. The molecule has 0 aromatic heterocycles. The van der Waals surface area contributed by atoms with Crippen LogP contribution in [0.3, 0.4) is 0 Å². The summed E-state index contributed by atoms with van der Waals surface area (Å²) in [6, 6.07) is 4.70. The third-order valence-corrected chi connectivity index (χ3v) is 2.08. The molecular weight excluding hydrogens is 202 g/mol. The molecule has 1 rings (SSSR count). The minimum atomic E-state index is -0.533. The SMILES string of the molecule is C=C(Cc1ccc(O)c(Cl)c1)C(N)=O. The van der Waals surface area contributed by atoms with Gasteiger partial charge in [-0.1, -0.05) is 24.2 Å². The molecule has 1 aromatic carbocycles. The number of aromatic hydroxyl groups is 1. The summed E-state index contributed by atoms with van der Waals surface area (Å²) in [5, 5.41) is 9.39. The number of amides is 1. The fraction of sp³-hybridized carbons (Fsp3) is 0.100. The zero-order valence-electron chi connectivity index (χ0n) is 7.46. The van der Waals surface area contributed by atoms with Gasteiger partial charge in [-0.3, -0.25) is 4.79 Å². The highest BCUT2D eigenvalue weighted by Crippen LogP contribution is 2.24. The van der Waals surface area contributed by atoms with Crippen molar-refractivity contribution in [1.29, 1.82) is 0 Å². The summed E-state index contributed by atoms with van der Waals surface area (Å²) in [6.07, 6.45) is 0.343. The fourth-order valence-corrected chi connectivity index (χ4v) is 1.20. The number of hydrogen-bond donors (Lipinski definition) is 2. The van der Waals surface area contributed by atoms with E-state index in [4.69, 9.17) is 22.4 Å². The molecule has 3 N–H and O–H groups in total. The van der Waals surface area contributed by atoms with Crippen molar-refractivity contribution in [1.82, 2.24) is 0 Å². The number of halogens is 1. The van der Waals surface area contributed by atoms with E-state index in [2.05, 4.69) is 6.58 Å². The number of nitrogens with two attached hydrogens (primary N) is 1. The van der Waals surface area contributed by atoms with Crippen molar-refractivity contribution in [3.8, 4) is 5.75 Å². The van der Waals surface area contributed by atoms with E-state index >= 15 is 0 Å². The van der Waals surface area contributed by atoms with Crippen LogP contribution in [0, 0.1) is 0 Å². The molecule has 0 unspecified atom stereocenters. The average molecular weight is 212 g/mol. The van der Waals surface area contributed by atoms with Gasteiger partial charge in [0.25, 0.3) is 0 Å². The van der Waals surface area contributed by atoms with Crippen molar-refractivity contribution < 1.29 is 9.90 Å². The first kappa shape index (κ1) is 10.6. The van der Waals surface area contributed by atoms with Gasteiger partial charge in [0, 0.05) is 12.0 Å². The molecule has 0 radical (unpaired) electrons. The van der Waals surface area contributed by atoms with Gasteiger partial charge in [0.15, 0.2) is 0 Å². The first-order valence-electron chi connectivity index (χ1n) is 3.95. The highest BCUT2D eigenvalue weighted by atomic mass is 35.5. The Morgan fingerprint density at radius 1 is 1.57 bits per heavy atom. The highest BCUT2D eigenvalue weighted by molar-refractivity contribution is 6.32. The van der Waals surface area contributed by atoms with Gasteiger partial charge in [0.1, 0.15) is 5.75 Å². The summed E-state index contributed by atoms with van der Waals surface area (Å²) >= 11 is 5.68. The molecule has 0 aliphatic carbocycles. The number of primary amides is 1. The molecule has 0 heterocycles. The van der Waals surface area contributed by atoms with Crippen molar-refractivity contribution in [3.05, 3.63) is 40.9 Å². The number of hydrogen-bond acceptors (Lipinski definition) is 2. The van der Waals surface area contributed by atoms with Crippen molar-refractivity contribution in [2.45, 2.75) is 6.42 Å². The lowest BCUT2D eigenvalue weighted by atomic mass is 10.1. The molecule has 74 valence electrons. The highest BCUT2D eigenvalue weighted by Gasteiger charge is 2.05. The third-order valence-electron chi connectivity index (χ3n) is 1.78. The predicted molar refractivity (Wildman–Crippen MR) is 55.2 cm³/mol. The minimum Gasteiger partial charge on any atom is -0.506 e. The van der Waals surface area contributed by atoms with Crippen LogP contribution in [0.1, 0.15) is 5.56 Å². The molecule has 0 aliphatic heterocycles. The summed E-state index contributed by atoms with van der Waals surface area (Å²) in [5.41, 5.74) is 6.13. The standard InChI is InChI=1S/C10H10ClNO2/c1-6(10(12)14)4-7-2-3-9(13)8(11)5-7/h2-3,5,13H,1,4H2,(H2,12,14). The Bertz CT molecular complexity index is 388. The van der Waals surface area contributed by atoms with E-state index in [9.17, 15) is 4.79 Å². The number of benzene rings is 1. The molecule has 0 atom stereocenters. The van der Waals surface area contributed by atoms with Crippen molar-refractivity contribution in [2.24, 2.45) is 5.73 Å². The van der Waals surface area contributed by atoms with Crippen LogP contribution in [0.4, 0.5) is 0 Å². The summed E-state index contributed by atoms with van der Waals surface area (Å²) in [4.78, 5) is 10.7. The Labute approximate surface area is 86.8 Å². The number of carbonyl (C=O) groups excluding carboxylic acids is 1. The Balaban J connectivity index is 2.83. The maximum atomic E-state index is 10.7. The summed E-state index contributed by atoms with van der Waals surface area (Å²) in [7, 11) is 0. The van der Waals surface area contributed by atoms with Gasteiger partial charge in [0.2, 0.25) is 5.91 Å². The van der Waals surface area contributed by atoms with E-state index in [0.29, 0.717) is 12.0 Å². The minimum absolute atomic E-state index is 0.0140. The quantitative estimate of drug-likeness (QED) is 0.747. The van der Waals surface area contributed by atoms with Crippen LogP contribution in [0.15, 0.2) is 30.4 Å². The number of carbonyl (C=O) groups is 1.